The lowest BCUT2D eigenvalue weighted by atomic mass is 9.90. The van der Waals surface area contributed by atoms with Gasteiger partial charge in [0.1, 0.15) is 0 Å². The molecule has 1 amide bonds. The van der Waals surface area contributed by atoms with Crippen molar-refractivity contribution in [2.75, 3.05) is 0 Å². The predicted molar refractivity (Wildman–Crippen MR) is 97.6 cm³/mol. The molecule has 3 aromatic rings. The Hall–Kier alpha value is -3.01. The maximum Gasteiger partial charge on any atom is 0.232 e. The molecule has 0 aliphatic rings. The van der Waals surface area contributed by atoms with Gasteiger partial charge in [0.15, 0.2) is 11.6 Å². The molecule has 0 aliphatic heterocycles. The van der Waals surface area contributed by atoms with E-state index in [0.29, 0.717) is 5.56 Å². The van der Waals surface area contributed by atoms with Gasteiger partial charge in [-0.15, -0.1) is 0 Å². The molecule has 0 heterocycles. The summed E-state index contributed by atoms with van der Waals surface area (Å²) in [5.41, 5.74) is 2.25. The number of carbonyl (C=O) groups excluding carboxylic acids is 1. The van der Waals surface area contributed by atoms with Crippen LogP contribution < -0.4 is 5.32 Å². The summed E-state index contributed by atoms with van der Waals surface area (Å²) in [5.74, 6) is -2.50. The van der Waals surface area contributed by atoms with Crippen molar-refractivity contribution in [2.24, 2.45) is 0 Å². The van der Waals surface area contributed by atoms with Gasteiger partial charge >= 0.3 is 0 Å². The molecule has 26 heavy (non-hydrogen) atoms. The second-order valence-electron chi connectivity index (χ2n) is 6.16. The molecule has 0 radical (unpaired) electrons. The van der Waals surface area contributed by atoms with Crippen LogP contribution in [0, 0.1) is 11.6 Å². The molecular formula is C22H19F2NO. The number of halogens is 2. The first-order valence-corrected chi connectivity index (χ1v) is 8.41. The van der Waals surface area contributed by atoms with Gasteiger partial charge in [0.25, 0.3) is 0 Å². The Kier molecular flexibility index (Phi) is 5.42. The highest BCUT2D eigenvalue weighted by atomic mass is 19.2. The van der Waals surface area contributed by atoms with Crippen LogP contribution in [0.4, 0.5) is 8.78 Å². The van der Waals surface area contributed by atoms with Crippen LogP contribution in [-0.2, 0) is 4.79 Å². The Bertz CT molecular complexity index is 842. The van der Waals surface area contributed by atoms with Gasteiger partial charge in [-0.2, -0.15) is 0 Å². The molecule has 2 nitrogen and oxygen atoms in total. The molecule has 1 N–H and O–H groups in total. The Morgan fingerprint density at radius 2 is 1.31 bits per heavy atom. The normalized spacial score (nSPS) is 12.0. The van der Waals surface area contributed by atoms with E-state index in [9.17, 15) is 13.6 Å². The third-order valence-corrected chi connectivity index (χ3v) is 4.33. The minimum absolute atomic E-state index is 0.195. The van der Waals surface area contributed by atoms with Gasteiger partial charge in [0.2, 0.25) is 5.91 Å². The summed E-state index contributed by atoms with van der Waals surface area (Å²) in [6.07, 6.45) is 0. The summed E-state index contributed by atoms with van der Waals surface area (Å²) in [7, 11) is 0. The average molecular weight is 351 g/mol. The van der Waals surface area contributed by atoms with E-state index in [1.54, 1.807) is 6.92 Å². The molecule has 0 aromatic heterocycles. The molecule has 0 fully saturated rings. The van der Waals surface area contributed by atoms with Crippen LogP contribution in [0.5, 0.6) is 0 Å². The van der Waals surface area contributed by atoms with Crippen molar-refractivity contribution in [2.45, 2.75) is 18.9 Å². The highest BCUT2D eigenvalue weighted by Crippen LogP contribution is 2.26. The van der Waals surface area contributed by atoms with Crippen molar-refractivity contribution in [1.82, 2.24) is 5.32 Å². The van der Waals surface area contributed by atoms with Gasteiger partial charge in [-0.05, 0) is 35.7 Å². The molecule has 0 saturated carbocycles. The fraction of sp³-hybridized carbons (Fsp3) is 0.136. The van der Waals surface area contributed by atoms with E-state index in [-0.39, 0.29) is 5.91 Å². The van der Waals surface area contributed by atoms with Crippen molar-refractivity contribution >= 4 is 5.91 Å². The molecule has 132 valence electrons. The molecule has 0 unspecified atom stereocenters. The van der Waals surface area contributed by atoms with E-state index in [4.69, 9.17) is 0 Å². The molecule has 4 heteroatoms. The van der Waals surface area contributed by atoms with Gasteiger partial charge in [-0.25, -0.2) is 8.78 Å². The number of amides is 1. The minimum Gasteiger partial charge on any atom is -0.349 e. The number of hydrogen-bond donors (Lipinski definition) is 1. The first-order valence-electron chi connectivity index (χ1n) is 8.41. The van der Waals surface area contributed by atoms with Gasteiger partial charge in [0, 0.05) is 0 Å². The SMILES string of the molecule is C[C@H](NC(=O)C(c1ccccc1)c1ccccc1)c1ccc(F)c(F)c1. The van der Waals surface area contributed by atoms with Crippen LogP contribution in [0.15, 0.2) is 78.9 Å². The fourth-order valence-corrected chi connectivity index (χ4v) is 2.95. The number of benzene rings is 3. The molecule has 0 aliphatic carbocycles. The van der Waals surface area contributed by atoms with Crippen molar-refractivity contribution < 1.29 is 13.6 Å². The lowest BCUT2D eigenvalue weighted by Crippen LogP contribution is -2.32. The predicted octanol–water partition coefficient (Wildman–Crippen LogP) is 4.97. The van der Waals surface area contributed by atoms with Crippen LogP contribution in [-0.4, -0.2) is 5.91 Å². The zero-order chi connectivity index (χ0) is 18.5. The summed E-state index contributed by atoms with van der Waals surface area (Å²) < 4.78 is 26.6. The Balaban J connectivity index is 1.87. The van der Waals surface area contributed by atoms with E-state index in [1.807, 2.05) is 60.7 Å². The second kappa shape index (κ2) is 7.91. The van der Waals surface area contributed by atoms with Crippen LogP contribution in [0.3, 0.4) is 0 Å². The summed E-state index contributed by atoms with van der Waals surface area (Å²) in [4.78, 5) is 13.0. The number of hydrogen-bond acceptors (Lipinski definition) is 1. The highest BCUT2D eigenvalue weighted by molar-refractivity contribution is 5.87. The molecule has 0 spiro atoms. The number of carbonyl (C=O) groups is 1. The van der Waals surface area contributed by atoms with E-state index >= 15 is 0 Å². The maximum absolute atomic E-state index is 13.5. The number of rotatable bonds is 5. The smallest absolute Gasteiger partial charge is 0.232 e. The number of nitrogens with one attached hydrogen (secondary N) is 1. The minimum atomic E-state index is -0.925. The molecule has 3 rings (SSSR count). The van der Waals surface area contributed by atoms with Crippen molar-refractivity contribution in [1.29, 1.82) is 0 Å². The van der Waals surface area contributed by atoms with Gasteiger partial charge in [-0.1, -0.05) is 66.7 Å². The fourth-order valence-electron chi connectivity index (χ4n) is 2.95. The third kappa shape index (κ3) is 3.97. The molecule has 1 atom stereocenters. The highest BCUT2D eigenvalue weighted by Gasteiger charge is 2.24. The van der Waals surface area contributed by atoms with E-state index in [1.165, 1.54) is 6.07 Å². The monoisotopic (exact) mass is 351 g/mol. The summed E-state index contributed by atoms with van der Waals surface area (Å²) in [6, 6.07) is 22.2. The largest absolute Gasteiger partial charge is 0.349 e. The first kappa shape index (κ1) is 17.8. The Morgan fingerprint density at radius 3 is 1.81 bits per heavy atom. The van der Waals surface area contributed by atoms with Gasteiger partial charge in [0.05, 0.1) is 12.0 Å². The lowest BCUT2D eigenvalue weighted by molar-refractivity contribution is -0.122. The van der Waals surface area contributed by atoms with E-state index in [2.05, 4.69) is 5.32 Å². The third-order valence-electron chi connectivity index (χ3n) is 4.33. The van der Waals surface area contributed by atoms with Crippen molar-refractivity contribution in [3.8, 4) is 0 Å². The maximum atomic E-state index is 13.5. The second-order valence-corrected chi connectivity index (χ2v) is 6.16. The Morgan fingerprint density at radius 1 is 0.769 bits per heavy atom. The Labute approximate surface area is 151 Å². The quantitative estimate of drug-likeness (QED) is 0.690. The molecule has 3 aromatic carbocycles. The van der Waals surface area contributed by atoms with Gasteiger partial charge in [-0.3, -0.25) is 4.79 Å². The van der Waals surface area contributed by atoms with Crippen LogP contribution in [0.2, 0.25) is 0 Å². The summed E-state index contributed by atoms with van der Waals surface area (Å²) in [6.45, 7) is 1.75. The van der Waals surface area contributed by atoms with Crippen molar-refractivity contribution in [3.05, 3.63) is 107 Å². The molecule has 0 bridgehead atoms. The summed E-state index contributed by atoms with van der Waals surface area (Å²) in [5, 5.41) is 2.91. The molecule has 0 saturated heterocycles. The van der Waals surface area contributed by atoms with Gasteiger partial charge < -0.3 is 5.32 Å². The van der Waals surface area contributed by atoms with Crippen LogP contribution >= 0.6 is 0 Å². The molecular weight excluding hydrogens is 332 g/mol. The zero-order valence-corrected chi connectivity index (χ0v) is 14.3. The van der Waals surface area contributed by atoms with E-state index < -0.39 is 23.6 Å². The standard InChI is InChI=1S/C22H19F2NO/c1-15(18-12-13-19(23)20(24)14-18)25-22(26)21(16-8-4-2-5-9-16)17-10-6-3-7-11-17/h2-15,21H,1H3,(H,25,26)/t15-/m0/s1. The zero-order valence-electron chi connectivity index (χ0n) is 14.3. The average Bonchev–Trinajstić information content (AvgIpc) is 2.66. The van der Waals surface area contributed by atoms with Crippen LogP contribution in [0.1, 0.15) is 35.6 Å². The van der Waals surface area contributed by atoms with Crippen molar-refractivity contribution in [3.63, 3.8) is 0 Å². The first-order chi connectivity index (χ1) is 12.6. The lowest BCUT2D eigenvalue weighted by Gasteiger charge is -2.21. The summed E-state index contributed by atoms with van der Waals surface area (Å²) >= 11 is 0. The topological polar surface area (TPSA) is 29.1 Å². The van der Waals surface area contributed by atoms with E-state index in [0.717, 1.165) is 23.3 Å². The van der Waals surface area contributed by atoms with Crippen LogP contribution in [0.25, 0.3) is 0 Å².